The number of benzene rings is 1. The molecule has 2 N–H and O–H groups in total. The summed E-state index contributed by atoms with van der Waals surface area (Å²) in [6.45, 7) is 0.736. The predicted molar refractivity (Wildman–Crippen MR) is 61.0 cm³/mol. The van der Waals surface area contributed by atoms with Crippen LogP contribution in [0.15, 0.2) is 18.2 Å². The van der Waals surface area contributed by atoms with Crippen molar-refractivity contribution in [3.05, 3.63) is 23.8 Å². The van der Waals surface area contributed by atoms with Crippen molar-refractivity contribution in [1.29, 1.82) is 0 Å². The molecule has 0 atom stereocenters. The number of anilines is 1. The van der Waals surface area contributed by atoms with Gasteiger partial charge in [-0.3, -0.25) is 9.69 Å². The maximum absolute atomic E-state index is 11.6. The number of hydrogen-bond acceptors (Lipinski definition) is 3. The molecule has 16 heavy (non-hydrogen) atoms. The fraction of sp³-hybridized carbons (Fsp3) is 0.250. The summed E-state index contributed by atoms with van der Waals surface area (Å²) in [6, 6.07) is 5.52. The largest absolute Gasteiger partial charge is 0.482 e. The summed E-state index contributed by atoms with van der Waals surface area (Å²) in [5, 5.41) is 0. The van der Waals surface area contributed by atoms with Crippen LogP contribution in [0.2, 0.25) is 0 Å². The predicted octanol–water partition coefficient (Wildman–Crippen LogP) is 0.504. The summed E-state index contributed by atoms with van der Waals surface area (Å²) < 4.78 is 5.34. The standard InChI is InChI=1S/C12H12N2O2/c1-2-5-14-10-4-3-9(7-13)6-11(10)16-8-12(14)15/h1,3-4,6H,5,7-8,13H2. The zero-order valence-electron chi connectivity index (χ0n) is 8.77. The van der Waals surface area contributed by atoms with Crippen LogP contribution in [-0.4, -0.2) is 19.1 Å². The van der Waals surface area contributed by atoms with Crippen molar-refractivity contribution >= 4 is 11.6 Å². The second-order valence-corrected chi connectivity index (χ2v) is 3.48. The van der Waals surface area contributed by atoms with Crippen molar-refractivity contribution in [1.82, 2.24) is 0 Å². The molecule has 1 aromatic carbocycles. The van der Waals surface area contributed by atoms with E-state index in [1.165, 1.54) is 0 Å². The Morgan fingerprint density at radius 2 is 2.38 bits per heavy atom. The van der Waals surface area contributed by atoms with Crippen LogP contribution in [0.25, 0.3) is 0 Å². The van der Waals surface area contributed by atoms with E-state index in [1.807, 2.05) is 18.2 Å². The van der Waals surface area contributed by atoms with Gasteiger partial charge in [0.05, 0.1) is 12.2 Å². The lowest BCUT2D eigenvalue weighted by molar-refractivity contribution is -0.121. The van der Waals surface area contributed by atoms with Crippen molar-refractivity contribution in [2.75, 3.05) is 18.1 Å². The Morgan fingerprint density at radius 3 is 3.06 bits per heavy atom. The van der Waals surface area contributed by atoms with Gasteiger partial charge in [0.1, 0.15) is 5.75 Å². The van der Waals surface area contributed by atoms with Crippen LogP contribution in [-0.2, 0) is 11.3 Å². The fourth-order valence-electron chi connectivity index (χ4n) is 1.64. The minimum atomic E-state index is -0.119. The van der Waals surface area contributed by atoms with E-state index in [4.69, 9.17) is 16.9 Å². The van der Waals surface area contributed by atoms with Gasteiger partial charge in [-0.05, 0) is 17.7 Å². The molecule has 0 bridgehead atoms. The number of nitrogens with two attached hydrogens (primary N) is 1. The lowest BCUT2D eigenvalue weighted by Gasteiger charge is -2.28. The molecule has 1 amide bonds. The molecule has 4 nitrogen and oxygen atoms in total. The molecule has 0 aliphatic carbocycles. The Labute approximate surface area is 94.0 Å². The normalized spacial score (nSPS) is 14.0. The molecule has 4 heteroatoms. The second kappa shape index (κ2) is 4.25. The molecule has 2 rings (SSSR count). The third kappa shape index (κ3) is 1.73. The van der Waals surface area contributed by atoms with Gasteiger partial charge >= 0.3 is 0 Å². The van der Waals surface area contributed by atoms with E-state index in [0.29, 0.717) is 18.0 Å². The molecular weight excluding hydrogens is 204 g/mol. The molecular formula is C12H12N2O2. The highest BCUT2D eigenvalue weighted by Gasteiger charge is 2.24. The molecule has 0 radical (unpaired) electrons. The molecule has 82 valence electrons. The summed E-state index contributed by atoms with van der Waals surface area (Å²) in [6.07, 6.45) is 5.23. The highest BCUT2D eigenvalue weighted by Crippen LogP contribution is 2.32. The van der Waals surface area contributed by atoms with E-state index in [9.17, 15) is 4.79 Å². The topological polar surface area (TPSA) is 55.6 Å². The van der Waals surface area contributed by atoms with E-state index in [2.05, 4.69) is 5.92 Å². The summed E-state index contributed by atoms with van der Waals surface area (Å²) in [4.78, 5) is 13.1. The van der Waals surface area contributed by atoms with Gasteiger partial charge in [0.2, 0.25) is 0 Å². The molecule has 0 spiro atoms. The number of nitrogens with zero attached hydrogens (tertiary/aromatic N) is 1. The number of carbonyl (C=O) groups excluding carboxylic acids is 1. The Bertz CT molecular complexity index is 463. The van der Waals surface area contributed by atoms with Crippen LogP contribution in [0.1, 0.15) is 5.56 Å². The number of fused-ring (bicyclic) bond motifs is 1. The Hall–Kier alpha value is -1.99. The molecule has 1 heterocycles. The number of terminal acetylenes is 1. The van der Waals surface area contributed by atoms with Crippen LogP contribution < -0.4 is 15.4 Å². The average Bonchev–Trinajstić information content (AvgIpc) is 2.32. The number of carbonyl (C=O) groups is 1. The van der Waals surface area contributed by atoms with E-state index in [0.717, 1.165) is 5.56 Å². The zero-order chi connectivity index (χ0) is 11.5. The highest BCUT2D eigenvalue weighted by atomic mass is 16.5. The third-order valence-corrected chi connectivity index (χ3v) is 2.45. The highest BCUT2D eigenvalue weighted by molar-refractivity contribution is 5.98. The van der Waals surface area contributed by atoms with E-state index >= 15 is 0 Å². The molecule has 0 saturated heterocycles. The van der Waals surface area contributed by atoms with Crippen LogP contribution in [0.3, 0.4) is 0 Å². The van der Waals surface area contributed by atoms with Crippen molar-refractivity contribution < 1.29 is 9.53 Å². The fourth-order valence-corrected chi connectivity index (χ4v) is 1.64. The van der Waals surface area contributed by atoms with Gasteiger partial charge in [0.15, 0.2) is 6.61 Å². The molecule has 0 fully saturated rings. The summed E-state index contributed by atoms with van der Waals surface area (Å²) in [5.41, 5.74) is 7.22. The molecule has 1 aromatic rings. The smallest absolute Gasteiger partial charge is 0.265 e. The first-order valence-electron chi connectivity index (χ1n) is 4.96. The lowest BCUT2D eigenvalue weighted by Crippen LogP contribution is -2.39. The van der Waals surface area contributed by atoms with Crippen LogP contribution in [0, 0.1) is 12.3 Å². The Morgan fingerprint density at radius 1 is 1.56 bits per heavy atom. The second-order valence-electron chi connectivity index (χ2n) is 3.48. The minimum Gasteiger partial charge on any atom is -0.482 e. The van der Waals surface area contributed by atoms with Crippen LogP contribution in [0.5, 0.6) is 5.75 Å². The third-order valence-electron chi connectivity index (χ3n) is 2.45. The molecule has 0 aromatic heterocycles. The monoisotopic (exact) mass is 216 g/mol. The first-order chi connectivity index (χ1) is 7.76. The van der Waals surface area contributed by atoms with Gasteiger partial charge in [-0.2, -0.15) is 0 Å². The minimum absolute atomic E-state index is 0.0305. The van der Waals surface area contributed by atoms with Crippen molar-refractivity contribution in [2.24, 2.45) is 5.73 Å². The van der Waals surface area contributed by atoms with E-state index < -0.39 is 0 Å². The maximum atomic E-state index is 11.6. The van der Waals surface area contributed by atoms with Gasteiger partial charge < -0.3 is 10.5 Å². The molecule has 0 saturated carbocycles. The van der Waals surface area contributed by atoms with Gasteiger partial charge in [0.25, 0.3) is 5.91 Å². The quantitative estimate of drug-likeness (QED) is 0.732. The maximum Gasteiger partial charge on any atom is 0.265 e. The SMILES string of the molecule is C#CCN1C(=O)COc2cc(CN)ccc21. The zero-order valence-corrected chi connectivity index (χ0v) is 8.77. The van der Waals surface area contributed by atoms with Crippen molar-refractivity contribution in [3.8, 4) is 18.1 Å². The molecule has 1 aliphatic rings. The molecule has 1 aliphatic heterocycles. The first-order valence-corrected chi connectivity index (χ1v) is 4.96. The van der Waals surface area contributed by atoms with Gasteiger partial charge in [-0.1, -0.05) is 12.0 Å². The van der Waals surface area contributed by atoms with Crippen molar-refractivity contribution in [2.45, 2.75) is 6.54 Å². The first kappa shape index (κ1) is 10.5. The van der Waals surface area contributed by atoms with Gasteiger partial charge in [0, 0.05) is 6.54 Å². The number of hydrogen-bond donors (Lipinski definition) is 1. The van der Waals surface area contributed by atoms with E-state index in [1.54, 1.807) is 4.90 Å². The van der Waals surface area contributed by atoms with E-state index in [-0.39, 0.29) is 19.1 Å². The number of amides is 1. The number of ether oxygens (including phenoxy) is 1. The molecule has 0 unspecified atom stereocenters. The Kier molecular flexibility index (Phi) is 2.80. The van der Waals surface area contributed by atoms with Crippen LogP contribution >= 0.6 is 0 Å². The van der Waals surface area contributed by atoms with Gasteiger partial charge in [-0.15, -0.1) is 6.42 Å². The average molecular weight is 216 g/mol. The lowest BCUT2D eigenvalue weighted by atomic mass is 10.1. The van der Waals surface area contributed by atoms with Gasteiger partial charge in [-0.25, -0.2) is 0 Å². The number of rotatable bonds is 2. The Balaban J connectivity index is 2.41. The summed E-state index contributed by atoms with van der Waals surface area (Å²) >= 11 is 0. The van der Waals surface area contributed by atoms with Crippen LogP contribution in [0.4, 0.5) is 5.69 Å². The van der Waals surface area contributed by atoms with Crippen molar-refractivity contribution in [3.63, 3.8) is 0 Å². The summed E-state index contributed by atoms with van der Waals surface area (Å²) in [5.74, 6) is 3.01. The summed E-state index contributed by atoms with van der Waals surface area (Å²) in [7, 11) is 0.